The predicted molar refractivity (Wildman–Crippen MR) is 136 cm³/mol. The van der Waals surface area contributed by atoms with Crippen LogP contribution in [0.2, 0.25) is 0 Å². The van der Waals surface area contributed by atoms with Crippen molar-refractivity contribution in [3.05, 3.63) is 54.3 Å². The topological polar surface area (TPSA) is 100 Å². The van der Waals surface area contributed by atoms with Gasteiger partial charge in [-0.1, -0.05) is 17.3 Å². The number of para-hydroxylation sites is 1. The number of carbonyl (C=O) groups excluding carboxylic acids is 1. The molecule has 1 aromatic heterocycles. The fraction of sp³-hybridized carbons (Fsp3) is 0.407. The number of hydrazine groups is 1. The van der Waals surface area contributed by atoms with Crippen LogP contribution in [0.1, 0.15) is 37.4 Å². The number of ether oxygens (including phenoxy) is 2. The van der Waals surface area contributed by atoms with Crippen LogP contribution in [-0.4, -0.2) is 54.5 Å². The minimum Gasteiger partial charge on any atom is -0.497 e. The molecule has 2 heterocycles. The first-order valence-corrected chi connectivity index (χ1v) is 12.7. The monoisotopic (exact) mass is 546 g/mol. The van der Waals surface area contributed by atoms with Crippen molar-refractivity contribution in [3.8, 4) is 22.8 Å². The summed E-state index contributed by atoms with van der Waals surface area (Å²) in [6.45, 7) is 1.18. The Balaban J connectivity index is 1.58. The highest BCUT2D eigenvalue weighted by atomic mass is 19.4. The fourth-order valence-corrected chi connectivity index (χ4v) is 4.67. The van der Waals surface area contributed by atoms with E-state index in [9.17, 15) is 23.1 Å². The highest BCUT2D eigenvalue weighted by Crippen LogP contribution is 2.50. The zero-order valence-corrected chi connectivity index (χ0v) is 21.3. The van der Waals surface area contributed by atoms with Crippen LogP contribution in [0.3, 0.4) is 0 Å². The van der Waals surface area contributed by atoms with Crippen LogP contribution in [0.4, 0.5) is 29.3 Å². The van der Waals surface area contributed by atoms with Crippen molar-refractivity contribution < 1.29 is 37.1 Å². The zero-order chi connectivity index (χ0) is 27.6. The molecule has 2 aliphatic rings. The molecule has 1 saturated carbocycles. The molecule has 39 heavy (non-hydrogen) atoms. The zero-order valence-electron chi connectivity index (χ0n) is 21.3. The molecule has 0 radical (unpaired) electrons. The summed E-state index contributed by atoms with van der Waals surface area (Å²) < 4.78 is 55.0. The number of piperidine rings is 1. The van der Waals surface area contributed by atoms with Gasteiger partial charge in [0.15, 0.2) is 5.76 Å². The normalized spacial score (nSPS) is 16.6. The van der Waals surface area contributed by atoms with Gasteiger partial charge in [-0.05, 0) is 68.0 Å². The predicted octanol–water partition coefficient (Wildman–Crippen LogP) is 5.59. The van der Waals surface area contributed by atoms with E-state index in [1.54, 1.807) is 35.3 Å². The molecule has 0 unspecified atom stereocenters. The average Bonchev–Trinajstić information content (AvgIpc) is 3.69. The van der Waals surface area contributed by atoms with Gasteiger partial charge in [0, 0.05) is 31.2 Å². The molecule has 9 nitrogen and oxygen atoms in total. The van der Waals surface area contributed by atoms with E-state index >= 15 is 0 Å². The van der Waals surface area contributed by atoms with Crippen LogP contribution in [0, 0.1) is 5.92 Å². The molecule has 0 spiro atoms. The Hall–Kier alpha value is -3.77. The standard InChI is InChI=1S/C27H29F3N4O5/c1-37-20-10-8-19(9-11-20)34(26(36)31-33-14-12-17(16-35)13-15-33)24-23(32-39-25(24)18-6-7-18)21-4-2-3-5-22(21)38-27(28,29)30/h2-5,8-11,17-18,35H,6-7,12-16H2,1H3,(H,31,36). The van der Waals surface area contributed by atoms with Gasteiger partial charge in [0.25, 0.3) is 0 Å². The van der Waals surface area contributed by atoms with E-state index in [1.165, 1.54) is 30.2 Å². The summed E-state index contributed by atoms with van der Waals surface area (Å²) >= 11 is 0. The van der Waals surface area contributed by atoms with Crippen molar-refractivity contribution in [2.24, 2.45) is 5.92 Å². The van der Waals surface area contributed by atoms with Gasteiger partial charge in [0.05, 0.1) is 12.8 Å². The van der Waals surface area contributed by atoms with E-state index < -0.39 is 18.1 Å². The number of carbonyl (C=O) groups is 1. The number of anilines is 2. The van der Waals surface area contributed by atoms with E-state index in [-0.39, 0.29) is 35.4 Å². The number of aliphatic hydroxyl groups is 1. The molecule has 1 aliphatic carbocycles. The summed E-state index contributed by atoms with van der Waals surface area (Å²) in [5, 5.41) is 15.4. The second-order valence-electron chi connectivity index (χ2n) is 9.63. The van der Waals surface area contributed by atoms with Crippen molar-refractivity contribution in [1.82, 2.24) is 15.6 Å². The Kier molecular flexibility index (Phi) is 7.67. The van der Waals surface area contributed by atoms with Gasteiger partial charge in [-0.25, -0.2) is 9.80 Å². The Bertz CT molecular complexity index is 1290. The largest absolute Gasteiger partial charge is 0.573 e. The number of methoxy groups -OCH3 is 1. The van der Waals surface area contributed by atoms with Crippen LogP contribution >= 0.6 is 0 Å². The number of nitrogens with zero attached hydrogens (tertiary/aromatic N) is 3. The van der Waals surface area contributed by atoms with E-state index in [1.807, 2.05) is 0 Å². The molecule has 208 valence electrons. The first-order chi connectivity index (χ1) is 18.8. The van der Waals surface area contributed by atoms with Crippen LogP contribution in [0.25, 0.3) is 11.3 Å². The lowest BCUT2D eigenvalue weighted by Gasteiger charge is -2.33. The second-order valence-corrected chi connectivity index (χ2v) is 9.63. The third-order valence-corrected chi connectivity index (χ3v) is 6.89. The van der Waals surface area contributed by atoms with Gasteiger partial charge < -0.3 is 19.1 Å². The Labute approximate surface area is 223 Å². The Morgan fingerprint density at radius 2 is 1.82 bits per heavy atom. The first-order valence-electron chi connectivity index (χ1n) is 12.7. The van der Waals surface area contributed by atoms with Crippen molar-refractivity contribution in [1.29, 1.82) is 0 Å². The highest BCUT2D eigenvalue weighted by Gasteiger charge is 2.39. The van der Waals surface area contributed by atoms with Crippen LogP contribution < -0.4 is 19.8 Å². The number of nitrogens with one attached hydrogen (secondary N) is 1. The molecule has 0 atom stereocenters. The average molecular weight is 547 g/mol. The molecule has 12 heteroatoms. The quantitative estimate of drug-likeness (QED) is 0.380. The lowest BCUT2D eigenvalue weighted by atomic mass is 9.99. The first kappa shape index (κ1) is 26.8. The number of amides is 2. The van der Waals surface area contributed by atoms with Gasteiger partial charge in [-0.15, -0.1) is 13.2 Å². The van der Waals surface area contributed by atoms with E-state index in [0.717, 1.165) is 12.8 Å². The number of rotatable bonds is 8. The van der Waals surface area contributed by atoms with Crippen LogP contribution in [0.15, 0.2) is 53.1 Å². The summed E-state index contributed by atoms with van der Waals surface area (Å²) in [5.41, 5.74) is 3.72. The molecule has 1 aliphatic heterocycles. The number of urea groups is 1. The summed E-state index contributed by atoms with van der Waals surface area (Å²) in [4.78, 5) is 15.3. The SMILES string of the molecule is COc1ccc(N(C(=O)NN2CCC(CO)CC2)c2c(-c3ccccc3OC(F)(F)F)noc2C2CC2)cc1. The second kappa shape index (κ2) is 11.1. The summed E-state index contributed by atoms with van der Waals surface area (Å²) in [6, 6.07) is 11.9. The Morgan fingerprint density at radius 3 is 2.44 bits per heavy atom. The Morgan fingerprint density at radius 1 is 1.13 bits per heavy atom. The molecule has 2 amide bonds. The van der Waals surface area contributed by atoms with Gasteiger partial charge in [0.2, 0.25) is 0 Å². The lowest BCUT2D eigenvalue weighted by molar-refractivity contribution is -0.274. The molecular formula is C27H29F3N4O5. The van der Waals surface area contributed by atoms with E-state index in [0.29, 0.717) is 43.1 Å². The van der Waals surface area contributed by atoms with Gasteiger partial charge in [-0.2, -0.15) is 0 Å². The maximum Gasteiger partial charge on any atom is 0.573 e. The number of aromatic nitrogens is 1. The van der Waals surface area contributed by atoms with Crippen molar-refractivity contribution in [2.45, 2.75) is 38.0 Å². The maximum atomic E-state index is 13.9. The number of halogens is 3. The van der Waals surface area contributed by atoms with Gasteiger partial charge >= 0.3 is 12.4 Å². The van der Waals surface area contributed by atoms with Crippen LogP contribution in [0.5, 0.6) is 11.5 Å². The fourth-order valence-electron chi connectivity index (χ4n) is 4.67. The van der Waals surface area contributed by atoms with Crippen molar-refractivity contribution >= 4 is 17.4 Å². The number of hydrogen-bond donors (Lipinski definition) is 2. The maximum absolute atomic E-state index is 13.9. The van der Waals surface area contributed by atoms with Gasteiger partial charge in [-0.3, -0.25) is 10.3 Å². The molecule has 2 fully saturated rings. The third kappa shape index (κ3) is 6.12. The molecule has 2 N–H and O–H groups in total. The van der Waals surface area contributed by atoms with E-state index in [2.05, 4.69) is 15.3 Å². The summed E-state index contributed by atoms with van der Waals surface area (Å²) in [7, 11) is 1.52. The van der Waals surface area contributed by atoms with Crippen molar-refractivity contribution in [2.75, 3.05) is 31.7 Å². The molecule has 2 aromatic carbocycles. The van der Waals surface area contributed by atoms with Gasteiger partial charge in [0.1, 0.15) is 22.9 Å². The molecular weight excluding hydrogens is 517 g/mol. The van der Waals surface area contributed by atoms with Crippen LogP contribution in [-0.2, 0) is 0 Å². The third-order valence-electron chi connectivity index (χ3n) is 6.89. The highest BCUT2D eigenvalue weighted by molar-refractivity contribution is 6.03. The minimum atomic E-state index is -4.92. The molecule has 5 rings (SSSR count). The van der Waals surface area contributed by atoms with E-state index in [4.69, 9.17) is 9.26 Å². The molecule has 1 saturated heterocycles. The smallest absolute Gasteiger partial charge is 0.497 e. The summed E-state index contributed by atoms with van der Waals surface area (Å²) in [5.74, 6) is 0.680. The summed E-state index contributed by atoms with van der Waals surface area (Å²) in [6.07, 6.45) is -1.89. The lowest BCUT2D eigenvalue weighted by Crippen LogP contribution is -2.51. The number of alkyl halides is 3. The minimum absolute atomic E-state index is 0.0224. The van der Waals surface area contributed by atoms with Crippen molar-refractivity contribution in [3.63, 3.8) is 0 Å². The number of aliphatic hydroxyl groups excluding tert-OH is 1. The molecule has 0 bridgehead atoms. The number of benzene rings is 2. The molecule has 3 aromatic rings. The number of hydrogen-bond acceptors (Lipinski definition) is 7.